The Morgan fingerprint density at radius 3 is 2.68 bits per heavy atom. The van der Waals surface area contributed by atoms with E-state index in [2.05, 4.69) is 16.5 Å². The summed E-state index contributed by atoms with van der Waals surface area (Å²) in [4.78, 5) is 30.0. The summed E-state index contributed by atoms with van der Waals surface area (Å²) in [6.07, 6.45) is 7.03. The monoisotopic (exact) mass is 300 g/mol. The van der Waals surface area contributed by atoms with Crippen LogP contribution in [0.2, 0.25) is 0 Å². The number of carbonyl (C=O) groups is 2. The van der Waals surface area contributed by atoms with Gasteiger partial charge in [-0.3, -0.25) is 4.90 Å². The molecule has 2 bridgehead atoms. The first kappa shape index (κ1) is 14.5. The largest absolute Gasteiger partial charge is 0.422 e. The molecule has 114 valence electrons. The zero-order valence-corrected chi connectivity index (χ0v) is 12.2. The second-order valence-electron chi connectivity index (χ2n) is 5.28. The van der Waals surface area contributed by atoms with E-state index < -0.39 is 11.9 Å². The van der Waals surface area contributed by atoms with Gasteiger partial charge in [0.1, 0.15) is 5.75 Å². The standard InChI is InChI=1S/C16H16N2O4/c1-3-10-9-17-16-14(11-5-4-8-18(11)2)15(10)21-12(19)6-7-13(20)22-16/h3,6-7,9,11H,1,4-5,8H2,2H3/b7-6-/t11-/m0/s1. The van der Waals surface area contributed by atoms with Gasteiger partial charge in [-0.2, -0.15) is 0 Å². The summed E-state index contributed by atoms with van der Waals surface area (Å²) in [6.45, 7) is 4.65. The summed E-state index contributed by atoms with van der Waals surface area (Å²) < 4.78 is 10.7. The second-order valence-corrected chi connectivity index (χ2v) is 5.28. The fraction of sp³-hybridized carbons (Fsp3) is 0.312. The zero-order valence-electron chi connectivity index (χ0n) is 12.2. The van der Waals surface area contributed by atoms with Crippen LogP contribution in [-0.2, 0) is 9.59 Å². The van der Waals surface area contributed by atoms with E-state index in [4.69, 9.17) is 9.47 Å². The van der Waals surface area contributed by atoms with Crippen molar-refractivity contribution in [3.8, 4) is 11.6 Å². The van der Waals surface area contributed by atoms with Crippen LogP contribution < -0.4 is 9.47 Å². The van der Waals surface area contributed by atoms with Crippen LogP contribution in [0.3, 0.4) is 0 Å². The van der Waals surface area contributed by atoms with Crippen LogP contribution in [0.1, 0.15) is 30.0 Å². The lowest BCUT2D eigenvalue weighted by molar-refractivity contribution is -0.131. The van der Waals surface area contributed by atoms with E-state index in [0.29, 0.717) is 16.9 Å². The van der Waals surface area contributed by atoms with Gasteiger partial charge in [-0.25, -0.2) is 14.6 Å². The quantitative estimate of drug-likeness (QED) is 0.777. The third kappa shape index (κ3) is 2.53. The molecule has 0 amide bonds. The number of hydrogen-bond donors (Lipinski definition) is 0. The fourth-order valence-electron chi connectivity index (χ4n) is 2.82. The van der Waals surface area contributed by atoms with Crippen LogP contribution in [0.4, 0.5) is 0 Å². The van der Waals surface area contributed by atoms with Crippen LogP contribution in [-0.4, -0.2) is 35.4 Å². The number of esters is 2. The van der Waals surface area contributed by atoms with E-state index in [1.165, 1.54) is 6.20 Å². The highest BCUT2D eigenvalue weighted by molar-refractivity contribution is 5.94. The van der Waals surface area contributed by atoms with Gasteiger partial charge in [0.15, 0.2) is 0 Å². The van der Waals surface area contributed by atoms with Gasteiger partial charge in [0, 0.05) is 30.0 Å². The molecule has 1 aromatic heterocycles. The molecular weight excluding hydrogens is 284 g/mol. The molecule has 1 aromatic rings. The van der Waals surface area contributed by atoms with Crippen molar-refractivity contribution in [3.63, 3.8) is 0 Å². The van der Waals surface area contributed by atoms with E-state index in [-0.39, 0.29) is 11.9 Å². The molecule has 0 aromatic carbocycles. The van der Waals surface area contributed by atoms with Crippen molar-refractivity contribution >= 4 is 18.0 Å². The lowest BCUT2D eigenvalue weighted by Gasteiger charge is -2.24. The highest BCUT2D eigenvalue weighted by atomic mass is 16.6. The number of ether oxygens (including phenoxy) is 2. The molecule has 0 spiro atoms. The minimum Gasteiger partial charge on any atom is -0.422 e. The maximum Gasteiger partial charge on any atom is 0.337 e. The number of nitrogens with zero attached hydrogens (tertiary/aromatic N) is 2. The number of hydrogen-bond acceptors (Lipinski definition) is 6. The minimum absolute atomic E-state index is 0.0175. The Bertz CT molecular complexity index is 681. The van der Waals surface area contributed by atoms with Gasteiger partial charge >= 0.3 is 11.9 Å². The molecule has 1 fully saturated rings. The molecule has 2 aliphatic rings. The predicted molar refractivity (Wildman–Crippen MR) is 79.3 cm³/mol. The lowest BCUT2D eigenvalue weighted by atomic mass is 10.0. The SMILES string of the molecule is C=Cc1cnc2c([C@@H]3CCCN3C)c1OC(=O)/C=C\C(=O)O2. The Hall–Kier alpha value is -2.47. The summed E-state index contributed by atoms with van der Waals surface area (Å²) >= 11 is 0. The molecule has 3 rings (SSSR count). The number of rotatable bonds is 2. The summed E-state index contributed by atoms with van der Waals surface area (Å²) in [7, 11) is 1.98. The smallest absolute Gasteiger partial charge is 0.337 e. The van der Waals surface area contributed by atoms with Gasteiger partial charge in [0.05, 0.1) is 5.56 Å². The average molecular weight is 300 g/mol. The van der Waals surface area contributed by atoms with Gasteiger partial charge in [-0.05, 0) is 26.4 Å². The molecule has 0 unspecified atom stereocenters. The van der Waals surface area contributed by atoms with Crippen LogP contribution in [0.5, 0.6) is 11.6 Å². The first-order chi connectivity index (χ1) is 10.6. The van der Waals surface area contributed by atoms with E-state index in [1.807, 2.05) is 7.05 Å². The maximum absolute atomic E-state index is 11.9. The molecule has 1 saturated heterocycles. The Morgan fingerprint density at radius 2 is 2.05 bits per heavy atom. The highest BCUT2D eigenvalue weighted by Gasteiger charge is 2.32. The van der Waals surface area contributed by atoms with Crippen molar-refractivity contribution in [3.05, 3.63) is 36.1 Å². The minimum atomic E-state index is -0.648. The fourth-order valence-corrected chi connectivity index (χ4v) is 2.82. The Balaban J connectivity index is 2.21. The molecule has 0 saturated carbocycles. The van der Waals surface area contributed by atoms with Gasteiger partial charge < -0.3 is 9.47 Å². The number of fused-ring (bicyclic) bond motifs is 2. The highest BCUT2D eigenvalue weighted by Crippen LogP contribution is 2.43. The van der Waals surface area contributed by atoms with Crippen LogP contribution >= 0.6 is 0 Å². The molecule has 0 radical (unpaired) electrons. The molecule has 2 aliphatic heterocycles. The van der Waals surface area contributed by atoms with Crippen molar-refractivity contribution in [2.45, 2.75) is 18.9 Å². The molecule has 0 N–H and O–H groups in total. The number of likely N-dealkylation sites (tertiary alicyclic amines) is 1. The first-order valence-electron chi connectivity index (χ1n) is 7.07. The first-order valence-corrected chi connectivity index (χ1v) is 7.07. The number of aromatic nitrogens is 1. The molecular formula is C16H16N2O4. The van der Waals surface area contributed by atoms with E-state index in [9.17, 15) is 9.59 Å². The molecule has 6 nitrogen and oxygen atoms in total. The number of carbonyl (C=O) groups excluding carboxylic acids is 2. The van der Waals surface area contributed by atoms with Crippen molar-refractivity contribution < 1.29 is 19.1 Å². The van der Waals surface area contributed by atoms with Gasteiger partial charge in [-0.15, -0.1) is 0 Å². The van der Waals surface area contributed by atoms with Crippen molar-refractivity contribution in [2.75, 3.05) is 13.6 Å². The van der Waals surface area contributed by atoms with E-state index in [1.54, 1.807) is 6.08 Å². The molecule has 22 heavy (non-hydrogen) atoms. The zero-order chi connectivity index (χ0) is 15.7. The van der Waals surface area contributed by atoms with Gasteiger partial charge in [0.25, 0.3) is 0 Å². The third-order valence-electron chi connectivity index (χ3n) is 3.89. The summed E-state index contributed by atoms with van der Waals surface area (Å²) in [5, 5.41) is 0. The van der Waals surface area contributed by atoms with Crippen LogP contribution in [0.15, 0.2) is 24.9 Å². The summed E-state index contributed by atoms with van der Waals surface area (Å²) in [5.74, 6) is -0.724. The lowest BCUT2D eigenvalue weighted by Crippen LogP contribution is -2.21. The molecule has 6 heteroatoms. The van der Waals surface area contributed by atoms with Crippen molar-refractivity contribution in [2.24, 2.45) is 0 Å². The topological polar surface area (TPSA) is 68.7 Å². The van der Waals surface area contributed by atoms with E-state index >= 15 is 0 Å². The van der Waals surface area contributed by atoms with E-state index in [0.717, 1.165) is 31.5 Å². The maximum atomic E-state index is 11.9. The Labute approximate surface area is 128 Å². The summed E-state index contributed by atoms with van der Waals surface area (Å²) in [6, 6.07) is -0.0175. The molecule has 3 heterocycles. The van der Waals surface area contributed by atoms with Crippen LogP contribution in [0, 0.1) is 0 Å². The normalized spacial score (nSPS) is 23.0. The molecule has 0 aliphatic carbocycles. The third-order valence-corrected chi connectivity index (χ3v) is 3.89. The van der Waals surface area contributed by atoms with Gasteiger partial charge in [-0.1, -0.05) is 12.7 Å². The van der Waals surface area contributed by atoms with Crippen molar-refractivity contribution in [1.29, 1.82) is 0 Å². The Morgan fingerprint density at radius 1 is 1.32 bits per heavy atom. The van der Waals surface area contributed by atoms with Crippen molar-refractivity contribution in [1.82, 2.24) is 9.88 Å². The second kappa shape index (κ2) is 5.73. The predicted octanol–water partition coefficient (Wildman–Crippen LogP) is 1.87. The Kier molecular flexibility index (Phi) is 3.77. The van der Waals surface area contributed by atoms with Crippen LogP contribution in [0.25, 0.3) is 6.08 Å². The number of pyridine rings is 1. The summed E-state index contributed by atoms with van der Waals surface area (Å²) in [5.41, 5.74) is 1.22. The average Bonchev–Trinajstić information content (AvgIpc) is 2.91. The van der Waals surface area contributed by atoms with Gasteiger partial charge in [0.2, 0.25) is 5.88 Å². The molecule has 1 atom stereocenters.